The summed E-state index contributed by atoms with van der Waals surface area (Å²) < 4.78 is 0. The van der Waals surface area contributed by atoms with E-state index < -0.39 is 0 Å². The summed E-state index contributed by atoms with van der Waals surface area (Å²) in [5.74, 6) is -0.223. The van der Waals surface area contributed by atoms with Crippen LogP contribution >= 0.6 is 0 Å². The first-order chi connectivity index (χ1) is 11.7. The third kappa shape index (κ3) is 11.1. The van der Waals surface area contributed by atoms with Gasteiger partial charge in [-0.3, -0.25) is 0 Å². The lowest BCUT2D eigenvalue weighted by atomic mass is 9.89. The number of unbranched alkanes of at least 4 members (excludes halogenated alkanes) is 2. The molecule has 5 heteroatoms. The van der Waals surface area contributed by atoms with E-state index >= 15 is 0 Å². The molecule has 0 rings (SSSR count). The fourth-order valence-electron chi connectivity index (χ4n) is 2.67. The Balaban J connectivity index is 4.02. The van der Waals surface area contributed by atoms with E-state index in [1.807, 2.05) is 6.07 Å². The lowest BCUT2D eigenvalue weighted by Crippen LogP contribution is -2.05. The van der Waals surface area contributed by atoms with Crippen LogP contribution in [0.25, 0.3) is 0 Å². The minimum Gasteiger partial charge on any atom is -0.198 e. The summed E-state index contributed by atoms with van der Waals surface area (Å²) in [5.41, 5.74) is 0. The van der Waals surface area contributed by atoms with E-state index in [-0.39, 0.29) is 17.8 Å². The molecule has 0 N–H and O–H groups in total. The van der Waals surface area contributed by atoms with Crippen molar-refractivity contribution in [2.24, 2.45) is 17.8 Å². The molecule has 0 saturated carbocycles. The first kappa shape index (κ1) is 21.4. The van der Waals surface area contributed by atoms with Gasteiger partial charge in [-0.25, -0.2) is 0 Å². The Morgan fingerprint density at radius 3 is 1.42 bits per heavy atom. The van der Waals surface area contributed by atoms with Crippen molar-refractivity contribution in [1.29, 1.82) is 26.3 Å². The minimum atomic E-state index is -0.146. The molecule has 0 aromatic rings. The van der Waals surface area contributed by atoms with Gasteiger partial charge >= 0.3 is 0 Å². The van der Waals surface area contributed by atoms with Crippen LogP contribution in [0.4, 0.5) is 0 Å². The molecular weight excluding hydrogens is 298 g/mol. The molecule has 0 saturated heterocycles. The summed E-state index contributed by atoms with van der Waals surface area (Å²) in [7, 11) is 0. The summed E-state index contributed by atoms with van der Waals surface area (Å²) >= 11 is 0. The first-order valence-corrected chi connectivity index (χ1v) is 8.64. The maximum atomic E-state index is 9.23. The third-order valence-electron chi connectivity index (χ3n) is 4.21. The van der Waals surface area contributed by atoms with Crippen molar-refractivity contribution < 1.29 is 0 Å². The molecule has 0 amide bonds. The maximum Gasteiger partial charge on any atom is 0.0656 e. The number of nitriles is 5. The van der Waals surface area contributed by atoms with Crippen LogP contribution in [-0.4, -0.2) is 0 Å². The molecule has 0 aliphatic heterocycles. The number of nitrogens with zero attached hydrogens (tertiary/aromatic N) is 5. The molecule has 3 atom stereocenters. The largest absolute Gasteiger partial charge is 0.198 e. The van der Waals surface area contributed by atoms with E-state index in [1.165, 1.54) is 0 Å². The zero-order valence-electron chi connectivity index (χ0n) is 14.2. The summed E-state index contributed by atoms with van der Waals surface area (Å²) in [4.78, 5) is 0. The van der Waals surface area contributed by atoms with Crippen molar-refractivity contribution in [3.8, 4) is 30.3 Å². The summed E-state index contributed by atoms with van der Waals surface area (Å²) in [6.45, 7) is 0. The summed E-state index contributed by atoms with van der Waals surface area (Å²) in [5, 5.41) is 44.5. The van der Waals surface area contributed by atoms with Crippen LogP contribution in [0.3, 0.4) is 0 Å². The van der Waals surface area contributed by atoms with Crippen molar-refractivity contribution in [2.75, 3.05) is 0 Å². The highest BCUT2D eigenvalue weighted by Gasteiger charge is 2.14. The Bertz CT molecular complexity index is 535. The molecule has 0 aromatic carbocycles. The Kier molecular flexibility index (Phi) is 13.7. The minimum absolute atomic E-state index is 0.00511. The number of rotatable bonds is 13. The van der Waals surface area contributed by atoms with E-state index in [0.717, 1.165) is 38.5 Å². The highest BCUT2D eigenvalue weighted by atomic mass is 14.3. The van der Waals surface area contributed by atoms with Gasteiger partial charge in [0.2, 0.25) is 0 Å². The first-order valence-electron chi connectivity index (χ1n) is 8.64. The molecule has 0 radical (unpaired) electrons. The topological polar surface area (TPSA) is 119 Å². The Morgan fingerprint density at radius 1 is 0.458 bits per heavy atom. The molecule has 24 heavy (non-hydrogen) atoms. The average molecular weight is 323 g/mol. The van der Waals surface area contributed by atoms with Crippen LogP contribution in [0.5, 0.6) is 0 Å². The quantitative estimate of drug-likeness (QED) is 0.453. The maximum absolute atomic E-state index is 9.23. The highest BCUT2D eigenvalue weighted by Crippen LogP contribution is 2.22. The molecule has 0 aliphatic carbocycles. The molecule has 5 nitrogen and oxygen atoms in total. The van der Waals surface area contributed by atoms with E-state index in [2.05, 4.69) is 24.3 Å². The molecule has 0 spiro atoms. The predicted molar refractivity (Wildman–Crippen MR) is 89.3 cm³/mol. The monoisotopic (exact) mass is 323 g/mol. The van der Waals surface area contributed by atoms with E-state index in [1.54, 1.807) is 0 Å². The molecule has 0 heterocycles. The van der Waals surface area contributed by atoms with Crippen molar-refractivity contribution in [2.45, 2.75) is 70.6 Å². The Labute approximate surface area is 145 Å². The van der Waals surface area contributed by atoms with Gasteiger partial charge < -0.3 is 0 Å². The van der Waals surface area contributed by atoms with Crippen LogP contribution in [0, 0.1) is 74.4 Å². The van der Waals surface area contributed by atoms with Gasteiger partial charge in [-0.15, -0.1) is 0 Å². The third-order valence-corrected chi connectivity index (χ3v) is 4.21. The number of hydrogen-bond acceptors (Lipinski definition) is 5. The summed E-state index contributed by atoms with van der Waals surface area (Å²) in [6.07, 6.45) is 7.77. The lowest BCUT2D eigenvalue weighted by Gasteiger charge is -2.13. The van der Waals surface area contributed by atoms with Crippen LogP contribution in [0.15, 0.2) is 0 Å². The lowest BCUT2D eigenvalue weighted by molar-refractivity contribution is 0.427. The van der Waals surface area contributed by atoms with E-state index in [0.29, 0.717) is 32.1 Å². The molecular formula is C19H25N5. The standard InChI is InChI=1S/C19H25N5/c20-12-3-1-2-6-17(14-22)7-4-8-18(15-23)10-11-19(16-24)9-5-13-21/h17-19H,1-11H2. The smallest absolute Gasteiger partial charge is 0.0656 e. The predicted octanol–water partition coefficient (Wildman–Crippen LogP) is 4.74. The van der Waals surface area contributed by atoms with Crippen molar-refractivity contribution in [3.63, 3.8) is 0 Å². The molecule has 0 fully saturated rings. The summed E-state index contributed by atoms with van der Waals surface area (Å²) in [6, 6.07) is 11.0. The van der Waals surface area contributed by atoms with Crippen LogP contribution in [0.2, 0.25) is 0 Å². The van der Waals surface area contributed by atoms with Gasteiger partial charge in [-0.05, 0) is 44.9 Å². The second-order valence-electron chi connectivity index (χ2n) is 6.09. The zero-order valence-corrected chi connectivity index (χ0v) is 14.2. The SMILES string of the molecule is N#CCCCCC(C#N)CCCC(C#N)CCC(C#N)CCC#N. The van der Waals surface area contributed by atoms with Crippen LogP contribution < -0.4 is 0 Å². The van der Waals surface area contributed by atoms with Gasteiger partial charge in [0.05, 0.1) is 30.3 Å². The molecule has 3 unspecified atom stereocenters. The van der Waals surface area contributed by atoms with Gasteiger partial charge in [0.25, 0.3) is 0 Å². The Morgan fingerprint density at radius 2 is 0.917 bits per heavy atom. The van der Waals surface area contributed by atoms with E-state index in [4.69, 9.17) is 21.0 Å². The van der Waals surface area contributed by atoms with Gasteiger partial charge in [0, 0.05) is 30.6 Å². The molecule has 126 valence electrons. The van der Waals surface area contributed by atoms with Gasteiger partial charge in [0.15, 0.2) is 0 Å². The van der Waals surface area contributed by atoms with Gasteiger partial charge in [-0.1, -0.05) is 12.8 Å². The average Bonchev–Trinajstić information content (AvgIpc) is 2.61. The van der Waals surface area contributed by atoms with Crippen LogP contribution in [-0.2, 0) is 0 Å². The van der Waals surface area contributed by atoms with Crippen LogP contribution in [0.1, 0.15) is 70.6 Å². The van der Waals surface area contributed by atoms with Gasteiger partial charge in [0.1, 0.15) is 0 Å². The second kappa shape index (κ2) is 15.3. The molecule has 0 aliphatic rings. The highest BCUT2D eigenvalue weighted by molar-refractivity contribution is 4.90. The second-order valence-corrected chi connectivity index (χ2v) is 6.09. The Hall–Kier alpha value is -2.55. The van der Waals surface area contributed by atoms with Crippen molar-refractivity contribution in [3.05, 3.63) is 0 Å². The van der Waals surface area contributed by atoms with Crippen molar-refractivity contribution >= 4 is 0 Å². The molecule has 0 bridgehead atoms. The van der Waals surface area contributed by atoms with Gasteiger partial charge in [-0.2, -0.15) is 26.3 Å². The molecule has 0 aromatic heterocycles. The fourth-order valence-corrected chi connectivity index (χ4v) is 2.67. The number of hydrogen-bond donors (Lipinski definition) is 0. The fraction of sp³-hybridized carbons (Fsp3) is 0.737. The zero-order chi connectivity index (χ0) is 18.0. The van der Waals surface area contributed by atoms with Crippen molar-refractivity contribution in [1.82, 2.24) is 0 Å². The van der Waals surface area contributed by atoms with E-state index in [9.17, 15) is 5.26 Å². The normalized spacial score (nSPS) is 13.3.